The maximum absolute atomic E-state index is 12.8. The van der Waals surface area contributed by atoms with Crippen molar-refractivity contribution in [2.75, 3.05) is 20.8 Å². The summed E-state index contributed by atoms with van der Waals surface area (Å²) in [4.78, 5) is 36.8. The second-order valence-corrected chi connectivity index (χ2v) is 8.30. The minimum Gasteiger partial charge on any atom is -0.508 e. The summed E-state index contributed by atoms with van der Waals surface area (Å²) >= 11 is 0. The molecule has 3 aromatic rings. The summed E-state index contributed by atoms with van der Waals surface area (Å²) in [5.41, 5.74) is 1.55. The van der Waals surface area contributed by atoms with Gasteiger partial charge in [0.2, 0.25) is 5.78 Å². The zero-order chi connectivity index (χ0) is 27.2. The molecule has 10 heteroatoms. The molecule has 0 aromatic heterocycles. The maximum Gasteiger partial charge on any atom is 0.326 e. The number of hydrogen-bond donors (Lipinski definition) is 3. The number of rotatable bonds is 10. The van der Waals surface area contributed by atoms with Crippen LogP contribution in [0.5, 0.6) is 28.7 Å². The SMILES string of the molecule is COc1cccc(C=C2Oc3cc(OCC(=O)NC(Cc4ccc(O)cc4)C(=O)O)ccc3C2=O)c1OC. The Kier molecular flexibility index (Phi) is 7.81. The smallest absolute Gasteiger partial charge is 0.326 e. The van der Waals surface area contributed by atoms with Gasteiger partial charge in [-0.25, -0.2) is 4.79 Å². The number of allylic oxidation sites excluding steroid dienone is 1. The Bertz CT molecular complexity index is 1400. The normalized spacial score (nSPS) is 13.8. The largest absolute Gasteiger partial charge is 0.508 e. The van der Waals surface area contributed by atoms with Crippen molar-refractivity contribution in [2.45, 2.75) is 12.5 Å². The van der Waals surface area contributed by atoms with E-state index in [4.69, 9.17) is 18.9 Å². The fraction of sp³-hybridized carbons (Fsp3) is 0.179. The number of carboxylic acid groups (broad SMARTS) is 1. The molecule has 1 aliphatic heterocycles. The van der Waals surface area contributed by atoms with E-state index in [9.17, 15) is 24.6 Å². The molecule has 3 N–H and O–H groups in total. The van der Waals surface area contributed by atoms with E-state index in [1.807, 2.05) is 0 Å². The van der Waals surface area contributed by atoms with Crippen molar-refractivity contribution in [1.82, 2.24) is 5.32 Å². The van der Waals surface area contributed by atoms with Gasteiger partial charge in [0.05, 0.1) is 19.8 Å². The number of carbonyl (C=O) groups excluding carboxylic acids is 2. The van der Waals surface area contributed by atoms with Crippen LogP contribution in [-0.4, -0.2) is 54.7 Å². The topological polar surface area (TPSA) is 141 Å². The minimum atomic E-state index is -1.21. The number of carboxylic acids is 1. The summed E-state index contributed by atoms with van der Waals surface area (Å²) < 4.78 is 22.0. The molecule has 1 amide bonds. The molecule has 1 atom stereocenters. The van der Waals surface area contributed by atoms with E-state index in [-0.39, 0.29) is 35.2 Å². The van der Waals surface area contributed by atoms with Gasteiger partial charge in [0.25, 0.3) is 5.91 Å². The second kappa shape index (κ2) is 11.4. The molecule has 4 rings (SSSR count). The van der Waals surface area contributed by atoms with Crippen molar-refractivity contribution in [3.63, 3.8) is 0 Å². The van der Waals surface area contributed by atoms with Gasteiger partial charge in [0, 0.05) is 18.1 Å². The molecule has 0 aliphatic carbocycles. The van der Waals surface area contributed by atoms with E-state index >= 15 is 0 Å². The van der Waals surface area contributed by atoms with Gasteiger partial charge in [0.15, 0.2) is 23.9 Å². The van der Waals surface area contributed by atoms with Crippen molar-refractivity contribution in [2.24, 2.45) is 0 Å². The number of benzene rings is 3. The lowest BCUT2D eigenvalue weighted by molar-refractivity contribution is -0.142. The number of ether oxygens (including phenoxy) is 4. The molecule has 0 bridgehead atoms. The predicted molar refractivity (Wildman–Crippen MR) is 136 cm³/mol. The Morgan fingerprint density at radius 3 is 2.50 bits per heavy atom. The van der Waals surface area contributed by atoms with Crippen molar-refractivity contribution in [1.29, 1.82) is 0 Å². The fourth-order valence-electron chi connectivity index (χ4n) is 3.88. The number of fused-ring (bicyclic) bond motifs is 1. The molecule has 3 aromatic carbocycles. The lowest BCUT2D eigenvalue weighted by atomic mass is 10.1. The molecule has 1 aliphatic rings. The van der Waals surface area contributed by atoms with Crippen LogP contribution in [0, 0.1) is 0 Å². The summed E-state index contributed by atoms with van der Waals surface area (Å²) in [5, 5.41) is 21.3. The van der Waals surface area contributed by atoms with Crippen molar-refractivity contribution >= 4 is 23.7 Å². The molecule has 1 unspecified atom stereocenters. The number of para-hydroxylation sites is 1. The van der Waals surface area contributed by atoms with Crippen LogP contribution in [0.15, 0.2) is 66.4 Å². The predicted octanol–water partition coefficient (Wildman–Crippen LogP) is 3.22. The third-order valence-electron chi connectivity index (χ3n) is 5.74. The highest BCUT2D eigenvalue weighted by atomic mass is 16.5. The Labute approximate surface area is 218 Å². The number of Topliss-reactive ketones (excluding diaryl/α,β-unsaturated/α-hetero) is 1. The van der Waals surface area contributed by atoms with E-state index in [1.54, 1.807) is 36.4 Å². The molecular weight excluding hydrogens is 494 g/mol. The molecule has 38 heavy (non-hydrogen) atoms. The van der Waals surface area contributed by atoms with E-state index in [0.717, 1.165) is 0 Å². The lowest BCUT2D eigenvalue weighted by Crippen LogP contribution is -2.44. The van der Waals surface area contributed by atoms with Gasteiger partial charge < -0.3 is 34.5 Å². The lowest BCUT2D eigenvalue weighted by Gasteiger charge is -2.15. The fourth-order valence-corrected chi connectivity index (χ4v) is 3.88. The van der Waals surface area contributed by atoms with Crippen LogP contribution in [0.3, 0.4) is 0 Å². The first-order chi connectivity index (χ1) is 18.3. The number of methoxy groups -OCH3 is 2. The number of carbonyl (C=O) groups is 3. The van der Waals surface area contributed by atoms with Crippen molar-refractivity contribution in [3.8, 4) is 28.7 Å². The molecule has 10 nitrogen and oxygen atoms in total. The van der Waals surface area contributed by atoms with Gasteiger partial charge in [0.1, 0.15) is 23.3 Å². The molecule has 0 saturated heterocycles. The Morgan fingerprint density at radius 2 is 1.82 bits per heavy atom. The minimum absolute atomic E-state index is 0.0311. The molecule has 1 heterocycles. The third kappa shape index (κ3) is 5.86. The van der Waals surface area contributed by atoms with Crippen LogP contribution in [-0.2, 0) is 16.0 Å². The summed E-state index contributed by atoms with van der Waals surface area (Å²) in [6.45, 7) is -0.449. The highest BCUT2D eigenvalue weighted by Crippen LogP contribution is 2.37. The van der Waals surface area contributed by atoms with Crippen LogP contribution in [0.25, 0.3) is 6.08 Å². The van der Waals surface area contributed by atoms with E-state index in [2.05, 4.69) is 5.32 Å². The number of phenols is 1. The molecule has 0 saturated carbocycles. The van der Waals surface area contributed by atoms with Gasteiger partial charge in [-0.3, -0.25) is 9.59 Å². The Balaban J connectivity index is 1.40. The maximum atomic E-state index is 12.8. The summed E-state index contributed by atoms with van der Waals surface area (Å²) in [5.74, 6) is -0.549. The third-order valence-corrected chi connectivity index (χ3v) is 5.74. The summed E-state index contributed by atoms with van der Waals surface area (Å²) in [7, 11) is 3.01. The molecule has 0 spiro atoms. The first-order valence-corrected chi connectivity index (χ1v) is 11.5. The molecule has 0 radical (unpaired) electrons. The quantitative estimate of drug-likeness (QED) is 0.344. The molecular formula is C28H25NO9. The van der Waals surface area contributed by atoms with E-state index in [1.165, 1.54) is 44.6 Å². The second-order valence-electron chi connectivity index (χ2n) is 8.30. The van der Waals surface area contributed by atoms with Gasteiger partial charge in [-0.15, -0.1) is 0 Å². The van der Waals surface area contributed by atoms with Gasteiger partial charge >= 0.3 is 5.97 Å². The number of aliphatic carboxylic acids is 1. The van der Waals surface area contributed by atoms with Crippen molar-refractivity contribution < 1.29 is 43.5 Å². The van der Waals surface area contributed by atoms with Crippen molar-refractivity contribution in [3.05, 3.63) is 83.1 Å². The number of phenolic OH excluding ortho intramolecular Hbond substituents is 1. The van der Waals surface area contributed by atoms with Gasteiger partial charge in [-0.05, 0) is 42.0 Å². The number of amides is 1. The average Bonchev–Trinajstić information content (AvgIpc) is 3.22. The van der Waals surface area contributed by atoms with Gasteiger partial charge in [-0.1, -0.05) is 24.3 Å². The summed E-state index contributed by atoms with van der Waals surface area (Å²) in [6, 6.07) is 14.6. The Morgan fingerprint density at radius 1 is 1.05 bits per heavy atom. The van der Waals surface area contributed by atoms with Crippen LogP contribution in [0.2, 0.25) is 0 Å². The standard InChI is InChI=1S/C28H25NO9/c1-35-22-5-3-4-17(27(22)36-2)13-24-26(32)20-11-10-19(14-23(20)38-24)37-15-25(31)29-21(28(33)34)12-16-6-8-18(30)9-7-16/h3-11,13-14,21,30H,12,15H2,1-2H3,(H,29,31)(H,33,34). The summed E-state index contributed by atoms with van der Waals surface area (Å²) in [6.07, 6.45) is 1.58. The van der Waals surface area contributed by atoms with Crippen LogP contribution < -0.4 is 24.3 Å². The molecule has 196 valence electrons. The number of ketones is 1. The van der Waals surface area contributed by atoms with Crippen LogP contribution >= 0.6 is 0 Å². The average molecular weight is 520 g/mol. The zero-order valence-electron chi connectivity index (χ0n) is 20.6. The molecule has 0 fully saturated rings. The van der Waals surface area contributed by atoms with Crippen LogP contribution in [0.1, 0.15) is 21.5 Å². The first kappa shape index (κ1) is 26.1. The number of aromatic hydroxyl groups is 1. The van der Waals surface area contributed by atoms with E-state index in [0.29, 0.717) is 28.2 Å². The van der Waals surface area contributed by atoms with E-state index < -0.39 is 24.5 Å². The first-order valence-electron chi connectivity index (χ1n) is 11.5. The monoisotopic (exact) mass is 519 g/mol. The Hall–Kier alpha value is -4.99. The highest BCUT2D eigenvalue weighted by Gasteiger charge is 2.28. The van der Waals surface area contributed by atoms with Crippen LogP contribution in [0.4, 0.5) is 0 Å². The van der Waals surface area contributed by atoms with Gasteiger partial charge in [-0.2, -0.15) is 0 Å². The number of hydrogen-bond acceptors (Lipinski definition) is 8. The zero-order valence-corrected chi connectivity index (χ0v) is 20.6. The highest BCUT2D eigenvalue weighted by molar-refractivity contribution is 6.14. The number of nitrogens with one attached hydrogen (secondary N) is 1.